The predicted octanol–water partition coefficient (Wildman–Crippen LogP) is 3.22. The fourth-order valence-electron chi connectivity index (χ4n) is 3.41. The van der Waals surface area contributed by atoms with E-state index in [4.69, 9.17) is 11.5 Å². The first kappa shape index (κ1) is 25.6. The molecule has 3 amide bonds. The minimum atomic E-state index is -1.25. The van der Waals surface area contributed by atoms with Crippen molar-refractivity contribution in [1.29, 1.82) is 0 Å². The van der Waals surface area contributed by atoms with Crippen molar-refractivity contribution in [1.82, 2.24) is 9.69 Å². The van der Waals surface area contributed by atoms with Gasteiger partial charge in [-0.25, -0.2) is 4.39 Å². The molecule has 2 aromatic carbocycles. The molecule has 0 saturated carbocycles. The van der Waals surface area contributed by atoms with E-state index in [0.29, 0.717) is 36.0 Å². The number of benzene rings is 2. The number of hydrogen-bond donors (Lipinski definition) is 4. The van der Waals surface area contributed by atoms with Gasteiger partial charge in [0.1, 0.15) is 22.5 Å². The maximum atomic E-state index is 13.8. The molecule has 3 rings (SSSR count). The summed E-state index contributed by atoms with van der Waals surface area (Å²) in [5, 5.41) is 12.9. The Labute approximate surface area is 205 Å². The lowest BCUT2D eigenvalue weighted by molar-refractivity contribution is -0.122. The van der Waals surface area contributed by atoms with Crippen molar-refractivity contribution < 1.29 is 23.9 Å². The van der Waals surface area contributed by atoms with E-state index in [-0.39, 0.29) is 27.7 Å². The lowest BCUT2D eigenvalue weighted by atomic mass is 10.0. The molecule has 0 radical (unpaired) electrons. The molecular formula is C24H26FN5O4S. The zero-order valence-corrected chi connectivity index (χ0v) is 20.0. The van der Waals surface area contributed by atoms with Crippen LogP contribution < -0.4 is 21.7 Å². The van der Waals surface area contributed by atoms with Gasteiger partial charge in [0.05, 0.1) is 5.69 Å². The summed E-state index contributed by atoms with van der Waals surface area (Å²) in [6.45, 7) is 4.37. The molecule has 1 heterocycles. The molecule has 0 saturated heterocycles. The van der Waals surface area contributed by atoms with Gasteiger partial charge in [0.2, 0.25) is 5.91 Å². The maximum Gasteiger partial charge on any atom is 0.273 e. The summed E-state index contributed by atoms with van der Waals surface area (Å²) in [6.07, 6.45) is 0.700. The van der Waals surface area contributed by atoms with Gasteiger partial charge in [-0.05, 0) is 53.7 Å². The summed E-state index contributed by atoms with van der Waals surface area (Å²) in [7, 11) is 0. The second kappa shape index (κ2) is 11.0. The monoisotopic (exact) mass is 499 g/mol. The van der Waals surface area contributed by atoms with Gasteiger partial charge in [0, 0.05) is 18.3 Å². The molecule has 0 aliphatic heterocycles. The Hall–Kier alpha value is -3.99. The summed E-state index contributed by atoms with van der Waals surface area (Å²) < 4.78 is 17.6. The van der Waals surface area contributed by atoms with Gasteiger partial charge in [0.25, 0.3) is 11.8 Å². The highest BCUT2D eigenvalue weighted by molar-refractivity contribution is 7.09. The summed E-state index contributed by atoms with van der Waals surface area (Å²) in [6, 6.07) is 9.66. The number of amides is 3. The number of hydrogen-bond acceptors (Lipinski definition) is 7. The number of halogens is 1. The van der Waals surface area contributed by atoms with Crippen LogP contribution in [0.25, 0.3) is 0 Å². The lowest BCUT2D eigenvalue weighted by Gasteiger charge is -2.31. The molecule has 0 aliphatic rings. The van der Waals surface area contributed by atoms with Gasteiger partial charge < -0.3 is 21.9 Å². The number of rotatable bonds is 9. The number of phenolic OH excluding ortho intramolecular Hbond substituents is 1. The highest BCUT2D eigenvalue weighted by atomic mass is 32.1. The SMILES string of the molecule is CC(C)CCNC(=O)[C@@H](c1ccc(F)cc1)N(C(=O)c1snc(C(N)=O)c1N)c1cccc(O)c1. The Bertz CT molecular complexity index is 1230. The number of nitrogens with two attached hydrogens (primary N) is 2. The van der Waals surface area contributed by atoms with Crippen molar-refractivity contribution in [2.24, 2.45) is 11.7 Å². The van der Waals surface area contributed by atoms with Gasteiger partial charge in [-0.2, -0.15) is 4.37 Å². The van der Waals surface area contributed by atoms with Crippen LogP contribution in [-0.2, 0) is 4.79 Å². The molecular weight excluding hydrogens is 473 g/mol. The second-order valence-corrected chi connectivity index (χ2v) is 9.03. The number of carbonyl (C=O) groups is 3. The number of aromatic hydroxyl groups is 1. The van der Waals surface area contributed by atoms with Crippen LogP contribution >= 0.6 is 11.5 Å². The molecule has 1 atom stereocenters. The molecule has 0 fully saturated rings. The first-order chi connectivity index (χ1) is 16.6. The maximum absolute atomic E-state index is 13.8. The number of aromatic nitrogens is 1. The largest absolute Gasteiger partial charge is 0.508 e. The topological polar surface area (TPSA) is 152 Å². The number of nitrogens with zero attached hydrogens (tertiary/aromatic N) is 2. The average Bonchev–Trinajstić information content (AvgIpc) is 3.19. The number of phenols is 1. The highest BCUT2D eigenvalue weighted by Gasteiger charge is 2.36. The van der Waals surface area contributed by atoms with E-state index in [9.17, 15) is 23.9 Å². The number of anilines is 2. The summed E-state index contributed by atoms with van der Waals surface area (Å²) in [5.74, 6) is -2.50. The van der Waals surface area contributed by atoms with Crippen molar-refractivity contribution >= 4 is 40.6 Å². The van der Waals surface area contributed by atoms with Crippen LogP contribution in [0, 0.1) is 11.7 Å². The van der Waals surface area contributed by atoms with E-state index in [1.165, 1.54) is 48.5 Å². The molecule has 0 bridgehead atoms. The highest BCUT2D eigenvalue weighted by Crippen LogP contribution is 2.34. The minimum absolute atomic E-state index is 0.107. The van der Waals surface area contributed by atoms with E-state index >= 15 is 0 Å². The van der Waals surface area contributed by atoms with E-state index in [1.54, 1.807) is 0 Å². The van der Waals surface area contributed by atoms with Crippen LogP contribution in [0.2, 0.25) is 0 Å². The molecule has 0 spiro atoms. The normalized spacial score (nSPS) is 11.8. The molecule has 9 nitrogen and oxygen atoms in total. The van der Waals surface area contributed by atoms with E-state index in [2.05, 4.69) is 9.69 Å². The quantitative estimate of drug-likeness (QED) is 0.355. The van der Waals surface area contributed by atoms with Crippen LogP contribution in [0.5, 0.6) is 5.75 Å². The predicted molar refractivity (Wildman–Crippen MR) is 132 cm³/mol. The summed E-state index contributed by atoms with van der Waals surface area (Å²) in [4.78, 5) is 39.9. The van der Waals surface area contributed by atoms with E-state index in [1.807, 2.05) is 13.8 Å². The number of nitrogens with one attached hydrogen (secondary N) is 1. The Kier molecular flexibility index (Phi) is 8.02. The van der Waals surface area contributed by atoms with Crippen LogP contribution in [0.4, 0.5) is 15.8 Å². The van der Waals surface area contributed by atoms with Gasteiger partial charge in [0.15, 0.2) is 5.69 Å². The third-order valence-corrected chi connectivity index (χ3v) is 6.05. The smallest absolute Gasteiger partial charge is 0.273 e. The first-order valence-electron chi connectivity index (χ1n) is 10.8. The average molecular weight is 500 g/mol. The molecule has 184 valence electrons. The van der Waals surface area contributed by atoms with Crippen molar-refractivity contribution in [3.8, 4) is 5.75 Å². The minimum Gasteiger partial charge on any atom is -0.508 e. The second-order valence-electron chi connectivity index (χ2n) is 8.26. The van der Waals surface area contributed by atoms with Gasteiger partial charge in [-0.15, -0.1) is 0 Å². The van der Waals surface area contributed by atoms with Crippen LogP contribution in [0.1, 0.15) is 52.0 Å². The van der Waals surface area contributed by atoms with Crippen molar-refractivity contribution in [2.45, 2.75) is 26.3 Å². The number of primary amides is 1. The molecule has 0 unspecified atom stereocenters. The molecule has 11 heteroatoms. The zero-order valence-electron chi connectivity index (χ0n) is 19.2. The zero-order chi connectivity index (χ0) is 25.7. The van der Waals surface area contributed by atoms with Crippen molar-refractivity contribution in [3.63, 3.8) is 0 Å². The number of nitrogen functional groups attached to an aromatic ring is 1. The van der Waals surface area contributed by atoms with Crippen LogP contribution in [0.15, 0.2) is 48.5 Å². The van der Waals surface area contributed by atoms with E-state index in [0.717, 1.165) is 4.90 Å². The Balaban J connectivity index is 2.16. The van der Waals surface area contributed by atoms with E-state index < -0.39 is 29.6 Å². The van der Waals surface area contributed by atoms with Gasteiger partial charge in [-0.3, -0.25) is 19.3 Å². The van der Waals surface area contributed by atoms with Gasteiger partial charge in [-0.1, -0.05) is 32.0 Å². The van der Waals surface area contributed by atoms with Gasteiger partial charge >= 0.3 is 0 Å². The Morgan fingerprint density at radius 2 is 1.86 bits per heavy atom. The third-order valence-electron chi connectivity index (χ3n) is 5.20. The molecule has 0 aliphatic carbocycles. The summed E-state index contributed by atoms with van der Waals surface area (Å²) in [5.41, 5.74) is 11.3. The standard InChI is InChI=1S/C24H26FN5O4S/c1-13(2)10-11-28-23(33)20(14-6-8-15(25)9-7-14)30(16-4-3-5-17(31)12-16)24(34)21-18(26)19(22(27)32)29-35-21/h3-9,12-13,20,31H,10-11,26H2,1-2H3,(H2,27,32)(H,28,33)/t20-/m1/s1. The molecule has 3 aromatic rings. The third kappa shape index (κ3) is 5.93. The Morgan fingerprint density at radius 1 is 1.17 bits per heavy atom. The van der Waals surface area contributed by atoms with Crippen molar-refractivity contribution in [2.75, 3.05) is 17.2 Å². The molecule has 35 heavy (non-hydrogen) atoms. The van der Waals surface area contributed by atoms with Crippen molar-refractivity contribution in [3.05, 3.63) is 70.5 Å². The van der Waals surface area contributed by atoms with Crippen LogP contribution in [-0.4, -0.2) is 33.7 Å². The number of carbonyl (C=O) groups excluding carboxylic acids is 3. The van der Waals surface area contributed by atoms with Crippen LogP contribution in [0.3, 0.4) is 0 Å². The fraction of sp³-hybridized carbons (Fsp3) is 0.250. The molecule has 6 N–H and O–H groups in total. The first-order valence-corrected chi connectivity index (χ1v) is 11.6. The fourth-order valence-corrected chi connectivity index (χ4v) is 4.15. The Morgan fingerprint density at radius 3 is 2.43 bits per heavy atom. The summed E-state index contributed by atoms with van der Waals surface area (Å²) >= 11 is 0.667. The molecule has 1 aromatic heterocycles. The lowest BCUT2D eigenvalue weighted by Crippen LogP contribution is -2.44.